The minimum atomic E-state index is 0.419. The van der Waals surface area contributed by atoms with E-state index in [-0.39, 0.29) is 0 Å². The van der Waals surface area contributed by atoms with Crippen molar-refractivity contribution in [2.24, 2.45) is 0 Å². The first kappa shape index (κ1) is 11.5. The second kappa shape index (κ2) is 4.78. The summed E-state index contributed by atoms with van der Waals surface area (Å²) in [5, 5.41) is 0. The lowest BCUT2D eigenvalue weighted by atomic mass is 9.81. The Labute approximate surface area is 98.9 Å². The Morgan fingerprint density at radius 2 is 2.08 bits per heavy atom. The Hall–Kier alpha value is 0.430. The topological polar surface area (TPSA) is 0 Å². The molecule has 1 rings (SSSR count). The van der Waals surface area contributed by atoms with E-state index in [1.807, 2.05) is 11.3 Å². The molecule has 13 heavy (non-hydrogen) atoms. The molecule has 1 unspecified atom stereocenters. The van der Waals surface area contributed by atoms with Gasteiger partial charge in [0, 0.05) is 10.3 Å². The lowest BCUT2D eigenvalue weighted by Crippen LogP contribution is -2.18. The Balaban J connectivity index is 2.88. The first-order valence-electron chi connectivity index (χ1n) is 4.88. The van der Waals surface area contributed by atoms with E-state index in [4.69, 9.17) is 0 Å². The van der Waals surface area contributed by atoms with Gasteiger partial charge in [-0.2, -0.15) is 0 Å². The molecule has 2 heteroatoms. The zero-order chi connectivity index (χ0) is 9.90. The molecule has 0 nitrogen and oxygen atoms in total. The van der Waals surface area contributed by atoms with E-state index < -0.39 is 0 Å². The molecule has 0 spiro atoms. The number of hydrogen-bond donors (Lipinski definition) is 0. The molecule has 0 aliphatic carbocycles. The van der Waals surface area contributed by atoms with Gasteiger partial charge < -0.3 is 0 Å². The van der Waals surface area contributed by atoms with Crippen molar-refractivity contribution in [3.05, 3.63) is 19.9 Å². The van der Waals surface area contributed by atoms with Crippen molar-refractivity contribution >= 4 is 33.9 Å². The Morgan fingerprint density at radius 3 is 2.46 bits per heavy atom. The SMILES string of the molecule is CCCC(C)(CC)c1ccc(I)s1. The van der Waals surface area contributed by atoms with E-state index in [1.165, 1.54) is 22.1 Å². The zero-order valence-corrected chi connectivity index (χ0v) is 11.5. The summed E-state index contributed by atoms with van der Waals surface area (Å²) in [5.41, 5.74) is 0.419. The van der Waals surface area contributed by atoms with E-state index in [9.17, 15) is 0 Å². The van der Waals surface area contributed by atoms with Crippen LogP contribution >= 0.6 is 33.9 Å². The summed E-state index contributed by atoms with van der Waals surface area (Å²) in [5.74, 6) is 0. The molecule has 0 aliphatic heterocycles. The second-order valence-electron chi connectivity index (χ2n) is 3.77. The van der Waals surface area contributed by atoms with E-state index >= 15 is 0 Å². The van der Waals surface area contributed by atoms with Gasteiger partial charge >= 0.3 is 0 Å². The van der Waals surface area contributed by atoms with Gasteiger partial charge in [0.1, 0.15) is 0 Å². The van der Waals surface area contributed by atoms with Crippen LogP contribution in [-0.2, 0) is 5.41 Å². The van der Waals surface area contributed by atoms with Gasteiger partial charge in [-0.15, -0.1) is 11.3 Å². The molecule has 0 saturated heterocycles. The maximum absolute atomic E-state index is 2.40. The molecule has 1 aromatic heterocycles. The van der Waals surface area contributed by atoms with Crippen molar-refractivity contribution in [1.29, 1.82) is 0 Å². The zero-order valence-electron chi connectivity index (χ0n) is 8.56. The summed E-state index contributed by atoms with van der Waals surface area (Å²) >= 11 is 4.35. The molecule has 74 valence electrons. The molecule has 0 amide bonds. The largest absolute Gasteiger partial charge is 0.134 e. The van der Waals surface area contributed by atoms with Gasteiger partial charge in [-0.05, 0) is 47.6 Å². The number of hydrogen-bond acceptors (Lipinski definition) is 1. The molecule has 0 N–H and O–H groups in total. The Morgan fingerprint density at radius 1 is 1.38 bits per heavy atom. The van der Waals surface area contributed by atoms with Crippen LogP contribution in [0.25, 0.3) is 0 Å². The highest BCUT2D eigenvalue weighted by molar-refractivity contribution is 14.1. The third kappa shape index (κ3) is 2.69. The molecule has 0 aliphatic rings. The van der Waals surface area contributed by atoms with E-state index in [0.717, 1.165) is 0 Å². The average molecular weight is 308 g/mol. The number of thiophene rings is 1. The quantitative estimate of drug-likeness (QED) is 0.700. The van der Waals surface area contributed by atoms with Crippen LogP contribution in [0.15, 0.2) is 12.1 Å². The van der Waals surface area contributed by atoms with E-state index in [0.29, 0.717) is 5.41 Å². The first-order valence-corrected chi connectivity index (χ1v) is 6.77. The van der Waals surface area contributed by atoms with Crippen LogP contribution in [0.1, 0.15) is 44.9 Å². The predicted molar refractivity (Wildman–Crippen MR) is 69.6 cm³/mol. The second-order valence-corrected chi connectivity index (χ2v) is 6.75. The van der Waals surface area contributed by atoms with E-state index in [2.05, 4.69) is 55.5 Å². The van der Waals surface area contributed by atoms with Crippen LogP contribution in [0.3, 0.4) is 0 Å². The highest BCUT2D eigenvalue weighted by Crippen LogP contribution is 2.37. The maximum atomic E-state index is 2.40. The summed E-state index contributed by atoms with van der Waals surface area (Å²) in [6.07, 6.45) is 3.83. The molecule has 0 radical (unpaired) electrons. The van der Waals surface area contributed by atoms with Crippen molar-refractivity contribution in [3.8, 4) is 0 Å². The first-order chi connectivity index (χ1) is 6.12. The molecule has 1 aromatic rings. The number of halogens is 1. The predicted octanol–water partition coefficient (Wildman–Crippen LogP) is 4.82. The maximum Gasteiger partial charge on any atom is 0.0656 e. The number of rotatable bonds is 4. The lowest BCUT2D eigenvalue weighted by molar-refractivity contribution is 0.422. The standard InChI is InChI=1S/C11H17IS/c1-4-8-11(3,5-2)9-6-7-10(12)13-9/h6-7H,4-5,8H2,1-3H3. The summed E-state index contributed by atoms with van der Waals surface area (Å²) in [6.45, 7) is 6.95. The van der Waals surface area contributed by atoms with Crippen LogP contribution in [0, 0.1) is 2.88 Å². The van der Waals surface area contributed by atoms with Gasteiger partial charge in [0.2, 0.25) is 0 Å². The fourth-order valence-corrected chi connectivity index (χ4v) is 3.53. The van der Waals surface area contributed by atoms with Crippen molar-refractivity contribution in [1.82, 2.24) is 0 Å². The van der Waals surface area contributed by atoms with Gasteiger partial charge in [0.05, 0.1) is 2.88 Å². The van der Waals surface area contributed by atoms with Crippen molar-refractivity contribution in [2.45, 2.75) is 45.4 Å². The monoisotopic (exact) mass is 308 g/mol. The van der Waals surface area contributed by atoms with E-state index in [1.54, 1.807) is 4.88 Å². The van der Waals surface area contributed by atoms with Gasteiger partial charge in [0.15, 0.2) is 0 Å². The fourth-order valence-electron chi connectivity index (χ4n) is 1.66. The van der Waals surface area contributed by atoms with Gasteiger partial charge in [-0.25, -0.2) is 0 Å². The molecular formula is C11H17IS. The smallest absolute Gasteiger partial charge is 0.0656 e. The third-order valence-electron chi connectivity index (χ3n) is 2.75. The van der Waals surface area contributed by atoms with Crippen LogP contribution < -0.4 is 0 Å². The van der Waals surface area contributed by atoms with Crippen LogP contribution in [0.2, 0.25) is 0 Å². The van der Waals surface area contributed by atoms with Crippen molar-refractivity contribution in [2.75, 3.05) is 0 Å². The fraction of sp³-hybridized carbons (Fsp3) is 0.636. The summed E-state index contributed by atoms with van der Waals surface area (Å²) in [7, 11) is 0. The molecule has 0 saturated carbocycles. The highest BCUT2D eigenvalue weighted by atomic mass is 127. The van der Waals surface area contributed by atoms with Gasteiger partial charge in [0.25, 0.3) is 0 Å². The highest BCUT2D eigenvalue weighted by Gasteiger charge is 2.24. The molecule has 1 atom stereocenters. The van der Waals surface area contributed by atoms with Crippen LogP contribution in [0.4, 0.5) is 0 Å². The minimum absolute atomic E-state index is 0.419. The van der Waals surface area contributed by atoms with Crippen LogP contribution in [0.5, 0.6) is 0 Å². The Bertz CT molecular complexity index is 267. The van der Waals surface area contributed by atoms with Gasteiger partial charge in [-0.1, -0.05) is 27.2 Å². The molecular weight excluding hydrogens is 291 g/mol. The van der Waals surface area contributed by atoms with Crippen molar-refractivity contribution in [3.63, 3.8) is 0 Å². The summed E-state index contributed by atoms with van der Waals surface area (Å²) < 4.78 is 1.41. The third-order valence-corrected chi connectivity index (χ3v) is 4.95. The Kier molecular flexibility index (Phi) is 4.23. The molecule has 0 fully saturated rings. The summed E-state index contributed by atoms with van der Waals surface area (Å²) in [4.78, 5) is 1.56. The van der Waals surface area contributed by atoms with Gasteiger partial charge in [-0.3, -0.25) is 0 Å². The normalized spacial score (nSPS) is 15.7. The molecule has 1 heterocycles. The van der Waals surface area contributed by atoms with Crippen molar-refractivity contribution < 1.29 is 0 Å². The molecule has 0 bridgehead atoms. The lowest BCUT2D eigenvalue weighted by Gasteiger charge is -2.26. The minimum Gasteiger partial charge on any atom is -0.134 e. The summed E-state index contributed by atoms with van der Waals surface area (Å²) in [6, 6.07) is 4.52. The average Bonchev–Trinajstić information content (AvgIpc) is 2.52. The molecule has 0 aromatic carbocycles. The van der Waals surface area contributed by atoms with Crippen LogP contribution in [-0.4, -0.2) is 0 Å².